The van der Waals surface area contributed by atoms with E-state index in [1.807, 2.05) is 20.8 Å². The molecule has 19 heavy (non-hydrogen) atoms. The molecule has 0 saturated carbocycles. The van der Waals surface area contributed by atoms with Gasteiger partial charge < -0.3 is 9.84 Å². The van der Waals surface area contributed by atoms with Crippen molar-refractivity contribution in [2.24, 2.45) is 0 Å². The Hall–Kier alpha value is -1.39. The van der Waals surface area contributed by atoms with Crippen LogP contribution in [0.5, 0.6) is 0 Å². The van der Waals surface area contributed by atoms with E-state index in [2.05, 4.69) is 10.5 Å². The minimum atomic E-state index is -0.300. The van der Waals surface area contributed by atoms with Crippen LogP contribution in [0.4, 0.5) is 4.39 Å². The summed E-state index contributed by atoms with van der Waals surface area (Å²) in [6.07, 6.45) is 0. The lowest BCUT2D eigenvalue weighted by Gasteiger charge is -2.14. The molecule has 0 aliphatic heterocycles. The number of hydrogen-bond acceptors (Lipinski definition) is 3. The summed E-state index contributed by atoms with van der Waals surface area (Å²) in [6.45, 7) is 6.19. The number of hydrogen-bond donors (Lipinski definition) is 1. The van der Waals surface area contributed by atoms with E-state index in [0.717, 1.165) is 17.0 Å². The predicted octanol–water partition coefficient (Wildman–Crippen LogP) is 3.93. The Morgan fingerprint density at radius 3 is 2.74 bits per heavy atom. The van der Waals surface area contributed by atoms with Gasteiger partial charge in [0.05, 0.1) is 5.69 Å². The van der Waals surface area contributed by atoms with Crippen LogP contribution in [0, 0.1) is 19.7 Å². The standard InChI is InChI=1S/C14H16ClFN2O/c1-8(14-9(2)18-19-10(14)3)17-7-11-4-5-12(15)6-13(11)16/h4-6,8,17H,7H2,1-3H3. The fraction of sp³-hybridized carbons (Fsp3) is 0.357. The maximum atomic E-state index is 13.6. The van der Waals surface area contributed by atoms with Gasteiger partial charge in [0.15, 0.2) is 0 Å². The molecule has 1 N–H and O–H groups in total. The lowest BCUT2D eigenvalue weighted by atomic mass is 10.1. The lowest BCUT2D eigenvalue weighted by molar-refractivity contribution is 0.390. The number of aryl methyl sites for hydroxylation is 2. The van der Waals surface area contributed by atoms with Crippen LogP contribution in [0.3, 0.4) is 0 Å². The summed E-state index contributed by atoms with van der Waals surface area (Å²) >= 11 is 5.72. The van der Waals surface area contributed by atoms with Crippen LogP contribution in [-0.4, -0.2) is 5.16 Å². The Morgan fingerprint density at radius 2 is 2.16 bits per heavy atom. The molecule has 2 aromatic rings. The van der Waals surface area contributed by atoms with E-state index in [0.29, 0.717) is 17.1 Å². The molecular formula is C14H16ClFN2O. The van der Waals surface area contributed by atoms with Crippen molar-refractivity contribution >= 4 is 11.6 Å². The van der Waals surface area contributed by atoms with E-state index in [1.165, 1.54) is 6.07 Å². The minimum absolute atomic E-state index is 0.0429. The third-order valence-corrected chi connectivity index (χ3v) is 3.37. The third kappa shape index (κ3) is 3.14. The van der Waals surface area contributed by atoms with Crippen LogP contribution in [0.15, 0.2) is 22.7 Å². The Bertz CT molecular complexity index is 563. The zero-order chi connectivity index (χ0) is 14.0. The predicted molar refractivity (Wildman–Crippen MR) is 72.6 cm³/mol. The summed E-state index contributed by atoms with van der Waals surface area (Å²) in [5, 5.41) is 7.58. The van der Waals surface area contributed by atoms with E-state index < -0.39 is 0 Å². The smallest absolute Gasteiger partial charge is 0.138 e. The number of nitrogens with one attached hydrogen (secondary N) is 1. The maximum absolute atomic E-state index is 13.6. The minimum Gasteiger partial charge on any atom is -0.361 e. The van der Waals surface area contributed by atoms with Crippen molar-refractivity contribution in [3.8, 4) is 0 Å². The van der Waals surface area contributed by atoms with Crippen LogP contribution in [0.25, 0.3) is 0 Å². The van der Waals surface area contributed by atoms with E-state index in [-0.39, 0.29) is 11.9 Å². The SMILES string of the molecule is Cc1noc(C)c1C(C)NCc1ccc(Cl)cc1F. The Morgan fingerprint density at radius 1 is 1.42 bits per heavy atom. The second kappa shape index (κ2) is 5.72. The van der Waals surface area contributed by atoms with Gasteiger partial charge in [-0.15, -0.1) is 0 Å². The third-order valence-electron chi connectivity index (χ3n) is 3.14. The van der Waals surface area contributed by atoms with Gasteiger partial charge in [-0.1, -0.05) is 22.8 Å². The van der Waals surface area contributed by atoms with Crippen molar-refractivity contribution in [3.63, 3.8) is 0 Å². The van der Waals surface area contributed by atoms with Gasteiger partial charge in [-0.25, -0.2) is 4.39 Å². The largest absolute Gasteiger partial charge is 0.361 e. The fourth-order valence-corrected chi connectivity index (χ4v) is 2.30. The zero-order valence-electron chi connectivity index (χ0n) is 11.1. The number of benzene rings is 1. The molecule has 1 unspecified atom stereocenters. The van der Waals surface area contributed by atoms with Crippen LogP contribution in [0.1, 0.15) is 35.5 Å². The summed E-state index contributed by atoms with van der Waals surface area (Å²) in [4.78, 5) is 0. The molecule has 0 aliphatic rings. The van der Waals surface area contributed by atoms with Gasteiger partial charge in [-0.05, 0) is 32.9 Å². The molecule has 1 aromatic carbocycles. The molecule has 0 fully saturated rings. The first-order chi connectivity index (χ1) is 8.99. The first-order valence-corrected chi connectivity index (χ1v) is 6.47. The highest BCUT2D eigenvalue weighted by Crippen LogP contribution is 2.22. The molecule has 0 saturated heterocycles. The van der Waals surface area contributed by atoms with E-state index in [9.17, 15) is 4.39 Å². The quantitative estimate of drug-likeness (QED) is 0.923. The normalized spacial score (nSPS) is 12.7. The number of aromatic nitrogens is 1. The van der Waals surface area contributed by atoms with Crippen molar-refractivity contribution in [3.05, 3.63) is 51.6 Å². The maximum Gasteiger partial charge on any atom is 0.138 e. The van der Waals surface area contributed by atoms with Gasteiger partial charge >= 0.3 is 0 Å². The average molecular weight is 283 g/mol. The van der Waals surface area contributed by atoms with Gasteiger partial charge in [-0.3, -0.25) is 0 Å². The summed E-state index contributed by atoms with van der Waals surface area (Å²) < 4.78 is 18.8. The van der Waals surface area contributed by atoms with E-state index >= 15 is 0 Å². The van der Waals surface area contributed by atoms with Gasteiger partial charge in [0, 0.05) is 28.7 Å². The highest BCUT2D eigenvalue weighted by atomic mass is 35.5. The molecule has 0 amide bonds. The van der Waals surface area contributed by atoms with Crippen LogP contribution in [-0.2, 0) is 6.54 Å². The summed E-state index contributed by atoms with van der Waals surface area (Å²) in [5.74, 6) is 0.486. The molecule has 0 aliphatic carbocycles. The molecule has 0 bridgehead atoms. The second-order valence-corrected chi connectivity index (χ2v) is 5.01. The molecule has 102 valence electrons. The molecule has 1 heterocycles. The molecule has 5 heteroatoms. The summed E-state index contributed by atoms with van der Waals surface area (Å²) in [5.41, 5.74) is 2.46. The molecule has 0 radical (unpaired) electrons. The van der Waals surface area contributed by atoms with Crippen LogP contribution >= 0.6 is 11.6 Å². The van der Waals surface area contributed by atoms with E-state index in [4.69, 9.17) is 16.1 Å². The van der Waals surface area contributed by atoms with Crippen LogP contribution < -0.4 is 5.32 Å². The topological polar surface area (TPSA) is 38.1 Å². The van der Waals surface area contributed by atoms with Crippen molar-refractivity contribution < 1.29 is 8.91 Å². The fourth-order valence-electron chi connectivity index (χ4n) is 2.14. The van der Waals surface area contributed by atoms with Gasteiger partial charge in [0.25, 0.3) is 0 Å². The molecule has 3 nitrogen and oxygen atoms in total. The summed E-state index contributed by atoms with van der Waals surface area (Å²) in [6, 6.07) is 4.73. The zero-order valence-corrected chi connectivity index (χ0v) is 11.9. The highest BCUT2D eigenvalue weighted by Gasteiger charge is 2.16. The molecule has 0 spiro atoms. The van der Waals surface area contributed by atoms with Crippen molar-refractivity contribution in [2.45, 2.75) is 33.4 Å². The first-order valence-electron chi connectivity index (χ1n) is 6.09. The van der Waals surface area contributed by atoms with Crippen molar-refractivity contribution in [1.82, 2.24) is 10.5 Å². The van der Waals surface area contributed by atoms with Gasteiger partial charge in [0.1, 0.15) is 11.6 Å². The first kappa shape index (κ1) is 14.0. The molecule has 2 rings (SSSR count). The summed E-state index contributed by atoms with van der Waals surface area (Å²) in [7, 11) is 0. The Balaban J connectivity index is 2.06. The van der Waals surface area contributed by atoms with E-state index in [1.54, 1.807) is 12.1 Å². The average Bonchev–Trinajstić information content (AvgIpc) is 2.68. The Kier molecular flexibility index (Phi) is 4.22. The lowest BCUT2D eigenvalue weighted by Crippen LogP contribution is -2.19. The van der Waals surface area contributed by atoms with Gasteiger partial charge in [-0.2, -0.15) is 0 Å². The molecule has 1 atom stereocenters. The monoisotopic (exact) mass is 282 g/mol. The van der Waals surface area contributed by atoms with Crippen molar-refractivity contribution in [2.75, 3.05) is 0 Å². The second-order valence-electron chi connectivity index (χ2n) is 4.58. The van der Waals surface area contributed by atoms with Crippen LogP contribution in [0.2, 0.25) is 5.02 Å². The number of nitrogens with zero attached hydrogens (tertiary/aromatic N) is 1. The Labute approximate surface area is 116 Å². The molecular weight excluding hydrogens is 267 g/mol. The highest BCUT2D eigenvalue weighted by molar-refractivity contribution is 6.30. The van der Waals surface area contributed by atoms with Crippen molar-refractivity contribution in [1.29, 1.82) is 0 Å². The molecule has 1 aromatic heterocycles. The number of halogens is 2. The number of rotatable bonds is 4. The van der Waals surface area contributed by atoms with Gasteiger partial charge in [0.2, 0.25) is 0 Å².